The van der Waals surface area contributed by atoms with Crippen LogP contribution >= 0.6 is 0 Å². The van der Waals surface area contributed by atoms with Gasteiger partial charge in [0.15, 0.2) is 0 Å². The first kappa shape index (κ1) is 15.9. The number of rotatable bonds is 2. The van der Waals surface area contributed by atoms with Crippen LogP contribution in [0.3, 0.4) is 0 Å². The number of nitrogens with zero attached hydrogens (tertiary/aromatic N) is 4. The van der Waals surface area contributed by atoms with Gasteiger partial charge in [0.25, 0.3) is 0 Å². The van der Waals surface area contributed by atoms with E-state index in [0.29, 0.717) is 18.5 Å². The minimum Gasteiger partial charge on any atom is -0.353 e. The maximum absolute atomic E-state index is 13.5. The molecule has 23 heavy (non-hydrogen) atoms. The van der Waals surface area contributed by atoms with Crippen molar-refractivity contribution in [2.24, 2.45) is 0 Å². The van der Waals surface area contributed by atoms with E-state index in [-0.39, 0.29) is 11.3 Å². The Kier molecular flexibility index (Phi) is 4.09. The van der Waals surface area contributed by atoms with Gasteiger partial charge in [0.2, 0.25) is 5.82 Å². The van der Waals surface area contributed by atoms with Gasteiger partial charge in [0.1, 0.15) is 11.6 Å². The fourth-order valence-corrected chi connectivity index (χ4v) is 2.73. The van der Waals surface area contributed by atoms with Crippen LogP contribution in [0.1, 0.15) is 12.7 Å². The lowest BCUT2D eigenvalue weighted by molar-refractivity contribution is -0.144. The molecule has 0 radical (unpaired) electrons. The summed E-state index contributed by atoms with van der Waals surface area (Å²) in [5.74, 6) is -1.56. The molecule has 0 aliphatic carbocycles. The largest absolute Gasteiger partial charge is 0.451 e. The Labute approximate surface area is 130 Å². The van der Waals surface area contributed by atoms with Gasteiger partial charge in [-0.1, -0.05) is 6.92 Å². The lowest BCUT2D eigenvalue weighted by Gasteiger charge is -2.35. The van der Waals surface area contributed by atoms with Gasteiger partial charge >= 0.3 is 6.18 Å². The average Bonchev–Trinajstić information content (AvgIpc) is 2.53. The zero-order chi connectivity index (χ0) is 16.6. The minimum atomic E-state index is -4.64. The predicted octanol–water partition coefficient (Wildman–Crippen LogP) is 2.93. The second-order valence-electron chi connectivity index (χ2n) is 5.45. The maximum Gasteiger partial charge on any atom is 0.451 e. The van der Waals surface area contributed by atoms with Crippen molar-refractivity contribution in [2.45, 2.75) is 13.1 Å². The molecule has 1 aromatic carbocycles. The summed E-state index contributed by atoms with van der Waals surface area (Å²) in [6.07, 6.45) is -4.64. The van der Waals surface area contributed by atoms with Gasteiger partial charge in [0.05, 0.1) is 5.52 Å². The molecule has 1 fully saturated rings. The molecule has 0 unspecified atom stereocenters. The Morgan fingerprint density at radius 1 is 1.09 bits per heavy atom. The fraction of sp³-hybridized carbons (Fsp3) is 0.467. The molecule has 0 amide bonds. The number of anilines is 1. The summed E-state index contributed by atoms with van der Waals surface area (Å²) in [5.41, 5.74) is 0.0987. The van der Waals surface area contributed by atoms with E-state index in [0.717, 1.165) is 25.7 Å². The number of benzene rings is 1. The van der Waals surface area contributed by atoms with Crippen LogP contribution in [0.15, 0.2) is 18.2 Å². The Morgan fingerprint density at radius 2 is 1.78 bits per heavy atom. The molecule has 0 atom stereocenters. The van der Waals surface area contributed by atoms with E-state index in [1.165, 1.54) is 12.1 Å². The van der Waals surface area contributed by atoms with Crippen LogP contribution in [0.4, 0.5) is 23.4 Å². The Hall–Kier alpha value is -1.96. The zero-order valence-corrected chi connectivity index (χ0v) is 12.6. The third kappa shape index (κ3) is 3.21. The van der Waals surface area contributed by atoms with Gasteiger partial charge in [-0.05, 0) is 24.7 Å². The van der Waals surface area contributed by atoms with Crippen LogP contribution in [0.5, 0.6) is 0 Å². The molecule has 1 aliphatic heterocycles. The van der Waals surface area contributed by atoms with E-state index in [1.54, 1.807) is 4.90 Å². The standard InChI is InChI=1S/C15H16F4N4/c1-2-22-5-7-23(8-6-22)13-11-9-10(16)3-4-12(11)20-14(21-13)15(17,18)19/h3-4,9H,2,5-8H2,1H3. The van der Waals surface area contributed by atoms with E-state index in [4.69, 9.17) is 0 Å². The summed E-state index contributed by atoms with van der Waals surface area (Å²) in [5, 5.41) is 0.308. The van der Waals surface area contributed by atoms with Crippen molar-refractivity contribution < 1.29 is 17.6 Å². The summed E-state index contributed by atoms with van der Waals surface area (Å²) < 4.78 is 52.6. The number of piperazine rings is 1. The predicted molar refractivity (Wildman–Crippen MR) is 78.8 cm³/mol. The van der Waals surface area contributed by atoms with Crippen LogP contribution in [0, 0.1) is 5.82 Å². The Balaban J connectivity index is 2.08. The summed E-state index contributed by atoms with van der Waals surface area (Å²) in [6.45, 7) is 5.49. The summed E-state index contributed by atoms with van der Waals surface area (Å²) in [6, 6.07) is 3.55. The van der Waals surface area contributed by atoms with Gasteiger partial charge in [0, 0.05) is 31.6 Å². The van der Waals surface area contributed by atoms with Crippen LogP contribution < -0.4 is 4.90 Å². The molecular weight excluding hydrogens is 312 g/mol. The van der Waals surface area contributed by atoms with Crippen molar-refractivity contribution in [3.8, 4) is 0 Å². The monoisotopic (exact) mass is 328 g/mol. The van der Waals surface area contributed by atoms with Crippen molar-refractivity contribution in [1.82, 2.24) is 14.9 Å². The number of hydrogen-bond donors (Lipinski definition) is 0. The molecular formula is C15H16F4N4. The zero-order valence-electron chi connectivity index (χ0n) is 12.6. The third-order valence-electron chi connectivity index (χ3n) is 4.01. The first-order valence-corrected chi connectivity index (χ1v) is 7.40. The SMILES string of the molecule is CCN1CCN(c2nc(C(F)(F)F)nc3ccc(F)cc23)CC1. The third-order valence-corrected chi connectivity index (χ3v) is 4.01. The van der Waals surface area contributed by atoms with Crippen LogP contribution in [0.2, 0.25) is 0 Å². The van der Waals surface area contributed by atoms with Crippen LogP contribution in [0.25, 0.3) is 10.9 Å². The highest BCUT2D eigenvalue weighted by Gasteiger charge is 2.36. The van der Waals surface area contributed by atoms with Crippen LogP contribution in [-0.2, 0) is 6.18 Å². The summed E-state index contributed by atoms with van der Waals surface area (Å²) in [7, 11) is 0. The highest BCUT2D eigenvalue weighted by Crippen LogP contribution is 2.32. The first-order valence-electron chi connectivity index (χ1n) is 7.40. The molecule has 3 rings (SSSR count). The van der Waals surface area contributed by atoms with Crippen molar-refractivity contribution in [2.75, 3.05) is 37.6 Å². The lowest BCUT2D eigenvalue weighted by Crippen LogP contribution is -2.46. The number of aromatic nitrogens is 2. The van der Waals surface area contributed by atoms with Crippen molar-refractivity contribution in [3.63, 3.8) is 0 Å². The Bertz CT molecular complexity index is 708. The summed E-state index contributed by atoms with van der Waals surface area (Å²) in [4.78, 5) is 11.2. The second-order valence-corrected chi connectivity index (χ2v) is 5.45. The van der Waals surface area contributed by atoms with E-state index >= 15 is 0 Å². The van der Waals surface area contributed by atoms with E-state index < -0.39 is 17.8 Å². The van der Waals surface area contributed by atoms with E-state index in [2.05, 4.69) is 14.9 Å². The number of halogens is 4. The van der Waals surface area contributed by atoms with Crippen molar-refractivity contribution in [1.29, 1.82) is 0 Å². The normalized spacial score (nSPS) is 17.0. The molecule has 2 heterocycles. The van der Waals surface area contributed by atoms with Gasteiger partial charge < -0.3 is 9.80 Å². The van der Waals surface area contributed by atoms with Crippen LogP contribution in [-0.4, -0.2) is 47.6 Å². The van der Waals surface area contributed by atoms with Gasteiger partial charge in [-0.25, -0.2) is 14.4 Å². The molecule has 8 heteroatoms. The van der Waals surface area contributed by atoms with Gasteiger partial charge in [-0.15, -0.1) is 0 Å². The highest BCUT2D eigenvalue weighted by atomic mass is 19.4. The van der Waals surface area contributed by atoms with E-state index in [1.807, 2.05) is 6.92 Å². The Morgan fingerprint density at radius 3 is 2.39 bits per heavy atom. The summed E-state index contributed by atoms with van der Waals surface area (Å²) >= 11 is 0. The number of alkyl halides is 3. The topological polar surface area (TPSA) is 32.3 Å². The number of fused-ring (bicyclic) bond motifs is 1. The molecule has 0 saturated carbocycles. The maximum atomic E-state index is 13.5. The molecule has 4 nitrogen and oxygen atoms in total. The average molecular weight is 328 g/mol. The molecule has 0 N–H and O–H groups in total. The molecule has 2 aromatic rings. The molecule has 124 valence electrons. The molecule has 0 bridgehead atoms. The van der Waals surface area contributed by atoms with Crippen molar-refractivity contribution >= 4 is 16.7 Å². The van der Waals surface area contributed by atoms with Gasteiger partial charge in [-0.2, -0.15) is 13.2 Å². The highest BCUT2D eigenvalue weighted by molar-refractivity contribution is 5.89. The number of hydrogen-bond acceptors (Lipinski definition) is 4. The smallest absolute Gasteiger partial charge is 0.353 e. The first-order chi connectivity index (χ1) is 10.9. The lowest BCUT2D eigenvalue weighted by atomic mass is 10.2. The molecule has 1 aromatic heterocycles. The quantitative estimate of drug-likeness (QED) is 0.794. The molecule has 1 aliphatic rings. The van der Waals surface area contributed by atoms with Crippen molar-refractivity contribution in [3.05, 3.63) is 29.8 Å². The van der Waals surface area contributed by atoms with Gasteiger partial charge in [-0.3, -0.25) is 0 Å². The fourth-order valence-electron chi connectivity index (χ4n) is 2.73. The van der Waals surface area contributed by atoms with E-state index in [9.17, 15) is 17.6 Å². The minimum absolute atomic E-state index is 0.0987. The number of likely N-dealkylation sites (N-methyl/N-ethyl adjacent to an activating group) is 1. The molecule has 0 spiro atoms. The second kappa shape index (κ2) is 5.92. The molecule has 1 saturated heterocycles.